The fourth-order valence-electron chi connectivity index (χ4n) is 2.91. The number of amides is 1. The van der Waals surface area contributed by atoms with E-state index in [0.29, 0.717) is 29.1 Å². The molecule has 30 heavy (non-hydrogen) atoms. The second-order valence-electron chi connectivity index (χ2n) is 6.97. The molecule has 0 saturated carbocycles. The van der Waals surface area contributed by atoms with Crippen LogP contribution in [-0.2, 0) is 11.3 Å². The van der Waals surface area contributed by atoms with Gasteiger partial charge in [0, 0.05) is 17.8 Å². The van der Waals surface area contributed by atoms with Crippen LogP contribution in [0.15, 0.2) is 53.9 Å². The number of nitrogens with zero attached hydrogens (tertiary/aromatic N) is 3. The Morgan fingerprint density at radius 1 is 1.13 bits per heavy atom. The molecular weight excluding hydrogens is 400 g/mol. The first-order valence-electron chi connectivity index (χ1n) is 9.62. The van der Waals surface area contributed by atoms with Crippen LogP contribution in [-0.4, -0.2) is 40.6 Å². The number of benzene rings is 2. The average molecular weight is 427 g/mol. The van der Waals surface area contributed by atoms with Gasteiger partial charge >= 0.3 is 0 Å². The van der Waals surface area contributed by atoms with Crippen LogP contribution in [0.3, 0.4) is 0 Å². The Morgan fingerprint density at radius 2 is 1.90 bits per heavy atom. The van der Waals surface area contributed by atoms with E-state index in [4.69, 9.17) is 9.47 Å². The fourth-order valence-corrected chi connectivity index (χ4v) is 3.67. The maximum Gasteiger partial charge on any atom is 0.230 e. The molecular formula is C22H26N4O3S. The van der Waals surface area contributed by atoms with Gasteiger partial charge in [-0.15, -0.1) is 10.2 Å². The molecule has 1 heterocycles. The lowest BCUT2D eigenvalue weighted by Crippen LogP contribution is -2.25. The minimum atomic E-state index is -0.102. The van der Waals surface area contributed by atoms with Crippen molar-refractivity contribution in [3.63, 3.8) is 0 Å². The van der Waals surface area contributed by atoms with Gasteiger partial charge in [0.05, 0.1) is 20.0 Å². The average Bonchev–Trinajstić information content (AvgIpc) is 3.24. The highest BCUT2D eigenvalue weighted by atomic mass is 32.2. The molecule has 0 aliphatic heterocycles. The molecule has 0 fully saturated rings. The number of hydrogen-bond donors (Lipinski definition) is 1. The number of aromatic nitrogens is 3. The highest BCUT2D eigenvalue weighted by Gasteiger charge is 2.12. The minimum Gasteiger partial charge on any atom is -0.497 e. The van der Waals surface area contributed by atoms with Gasteiger partial charge in [-0.05, 0) is 41.8 Å². The van der Waals surface area contributed by atoms with Crippen molar-refractivity contribution in [2.45, 2.75) is 31.5 Å². The van der Waals surface area contributed by atoms with Crippen LogP contribution in [0.5, 0.6) is 11.5 Å². The summed E-state index contributed by atoms with van der Waals surface area (Å²) in [5, 5.41) is 11.7. The number of methoxy groups -OCH3 is 2. The van der Waals surface area contributed by atoms with Crippen molar-refractivity contribution in [2.24, 2.45) is 0 Å². The largest absolute Gasteiger partial charge is 0.497 e. The SMILES string of the molecule is COc1ccc(OC)c(CNC(=O)CSc2nncn2-c2ccc(C(C)C)cc2)c1. The monoisotopic (exact) mass is 426 g/mol. The van der Waals surface area contributed by atoms with Crippen molar-refractivity contribution < 1.29 is 14.3 Å². The maximum absolute atomic E-state index is 12.4. The molecule has 2 aromatic carbocycles. The molecule has 8 heteroatoms. The van der Waals surface area contributed by atoms with Crippen LogP contribution >= 0.6 is 11.8 Å². The van der Waals surface area contributed by atoms with E-state index in [1.807, 2.05) is 34.9 Å². The van der Waals surface area contributed by atoms with E-state index < -0.39 is 0 Å². The predicted molar refractivity (Wildman–Crippen MR) is 118 cm³/mol. The first-order valence-corrected chi connectivity index (χ1v) is 10.6. The molecule has 3 aromatic rings. The van der Waals surface area contributed by atoms with Crippen LogP contribution in [0.4, 0.5) is 0 Å². The third kappa shape index (κ3) is 5.33. The molecule has 1 aromatic heterocycles. The number of ether oxygens (including phenoxy) is 2. The number of carbonyl (C=O) groups is 1. The topological polar surface area (TPSA) is 78.3 Å². The summed E-state index contributed by atoms with van der Waals surface area (Å²) in [4.78, 5) is 12.4. The Labute approximate surface area is 180 Å². The number of nitrogens with one attached hydrogen (secondary N) is 1. The Morgan fingerprint density at radius 3 is 2.57 bits per heavy atom. The van der Waals surface area contributed by atoms with Crippen LogP contribution in [0, 0.1) is 0 Å². The lowest BCUT2D eigenvalue weighted by Gasteiger charge is -2.12. The first kappa shape index (κ1) is 21.7. The number of thioether (sulfide) groups is 1. The molecule has 1 N–H and O–H groups in total. The standard InChI is InChI=1S/C22H26N4O3S/c1-15(2)16-5-7-18(8-6-16)26-14-24-25-22(26)30-13-21(27)23-12-17-11-19(28-3)9-10-20(17)29-4/h5-11,14-15H,12-13H2,1-4H3,(H,23,27). The summed E-state index contributed by atoms with van der Waals surface area (Å²) in [6.45, 7) is 4.67. The molecule has 0 saturated heterocycles. The molecule has 7 nitrogen and oxygen atoms in total. The maximum atomic E-state index is 12.4. The van der Waals surface area contributed by atoms with E-state index in [-0.39, 0.29) is 11.7 Å². The number of carbonyl (C=O) groups excluding carboxylic acids is 1. The van der Waals surface area contributed by atoms with Crippen molar-refractivity contribution >= 4 is 17.7 Å². The lowest BCUT2D eigenvalue weighted by atomic mass is 10.0. The van der Waals surface area contributed by atoms with E-state index in [0.717, 1.165) is 11.3 Å². The zero-order chi connectivity index (χ0) is 21.5. The van der Waals surface area contributed by atoms with Gasteiger partial charge in [0.15, 0.2) is 5.16 Å². The van der Waals surface area contributed by atoms with E-state index in [1.165, 1.54) is 17.3 Å². The van der Waals surface area contributed by atoms with Crippen LogP contribution in [0.2, 0.25) is 0 Å². The van der Waals surface area contributed by atoms with Gasteiger partial charge in [0.2, 0.25) is 5.91 Å². The summed E-state index contributed by atoms with van der Waals surface area (Å²) in [6, 6.07) is 13.8. The van der Waals surface area contributed by atoms with E-state index in [2.05, 4.69) is 41.5 Å². The molecule has 0 aliphatic carbocycles. The fraction of sp³-hybridized carbons (Fsp3) is 0.318. The van der Waals surface area contributed by atoms with Gasteiger partial charge in [-0.3, -0.25) is 9.36 Å². The third-order valence-corrected chi connectivity index (χ3v) is 5.59. The van der Waals surface area contributed by atoms with Crippen molar-refractivity contribution in [1.82, 2.24) is 20.1 Å². The van der Waals surface area contributed by atoms with Crippen LogP contribution < -0.4 is 14.8 Å². The number of rotatable bonds is 9. The molecule has 0 spiro atoms. The molecule has 0 atom stereocenters. The van der Waals surface area contributed by atoms with Crippen molar-refractivity contribution in [2.75, 3.05) is 20.0 Å². The summed E-state index contributed by atoms with van der Waals surface area (Å²) in [5.41, 5.74) is 3.09. The van der Waals surface area contributed by atoms with Crippen LogP contribution in [0.25, 0.3) is 5.69 Å². The van der Waals surface area contributed by atoms with E-state index in [1.54, 1.807) is 20.5 Å². The second kappa shape index (κ2) is 10.2. The van der Waals surface area contributed by atoms with Crippen molar-refractivity contribution in [1.29, 1.82) is 0 Å². The van der Waals surface area contributed by atoms with Gasteiger partial charge in [-0.25, -0.2) is 0 Å². The van der Waals surface area contributed by atoms with E-state index >= 15 is 0 Å². The zero-order valence-corrected chi connectivity index (χ0v) is 18.4. The van der Waals surface area contributed by atoms with E-state index in [9.17, 15) is 4.79 Å². The van der Waals surface area contributed by atoms with Gasteiger partial charge in [0.1, 0.15) is 17.8 Å². The molecule has 0 unspecified atom stereocenters. The zero-order valence-electron chi connectivity index (χ0n) is 17.6. The normalized spacial score (nSPS) is 10.8. The number of hydrogen-bond acceptors (Lipinski definition) is 6. The third-order valence-electron chi connectivity index (χ3n) is 4.65. The highest BCUT2D eigenvalue weighted by molar-refractivity contribution is 7.99. The summed E-state index contributed by atoms with van der Waals surface area (Å²) in [5.74, 6) is 2.02. The van der Waals surface area contributed by atoms with Crippen LogP contribution in [0.1, 0.15) is 30.9 Å². The van der Waals surface area contributed by atoms with Crippen molar-refractivity contribution in [3.05, 3.63) is 59.9 Å². The molecule has 0 bridgehead atoms. The summed E-state index contributed by atoms with van der Waals surface area (Å²) < 4.78 is 12.5. The summed E-state index contributed by atoms with van der Waals surface area (Å²) in [7, 11) is 3.21. The van der Waals surface area contributed by atoms with Gasteiger partial charge in [-0.1, -0.05) is 37.7 Å². The highest BCUT2D eigenvalue weighted by Crippen LogP contribution is 2.24. The van der Waals surface area contributed by atoms with Gasteiger partial charge in [0.25, 0.3) is 0 Å². The lowest BCUT2D eigenvalue weighted by molar-refractivity contribution is -0.118. The first-order chi connectivity index (χ1) is 14.5. The predicted octanol–water partition coefficient (Wildman–Crippen LogP) is 3.82. The van der Waals surface area contributed by atoms with Crippen molar-refractivity contribution in [3.8, 4) is 17.2 Å². The Bertz CT molecular complexity index is 986. The quantitative estimate of drug-likeness (QED) is 0.524. The molecule has 1 amide bonds. The molecule has 3 rings (SSSR count). The minimum absolute atomic E-state index is 0.102. The molecule has 158 valence electrons. The van der Waals surface area contributed by atoms with Gasteiger partial charge < -0.3 is 14.8 Å². The second-order valence-corrected chi connectivity index (χ2v) is 7.92. The Balaban J connectivity index is 1.59. The van der Waals surface area contributed by atoms with Gasteiger partial charge in [-0.2, -0.15) is 0 Å². The Hall–Kier alpha value is -3.00. The summed E-state index contributed by atoms with van der Waals surface area (Å²) >= 11 is 1.34. The Kier molecular flexibility index (Phi) is 7.35. The summed E-state index contributed by atoms with van der Waals surface area (Å²) in [6.07, 6.45) is 1.66. The molecule has 0 aliphatic rings. The smallest absolute Gasteiger partial charge is 0.230 e. The molecule has 0 radical (unpaired) electrons.